The third-order valence-corrected chi connectivity index (χ3v) is 4.65. The Kier molecular flexibility index (Phi) is 5.25. The number of likely N-dealkylation sites (N-methyl/N-ethyl adjacent to an activating group) is 1. The van der Waals surface area contributed by atoms with Crippen LogP contribution in [0.15, 0.2) is 35.7 Å². The molecule has 5 heteroatoms. The summed E-state index contributed by atoms with van der Waals surface area (Å²) in [4.78, 5) is 3.43. The van der Waals surface area contributed by atoms with Crippen LogP contribution >= 0.6 is 34.5 Å². The first-order chi connectivity index (χ1) is 9.10. The highest BCUT2D eigenvalue weighted by molar-refractivity contribution is 7.10. The molecule has 2 rings (SSSR count). The predicted octanol–water partition coefficient (Wildman–Crippen LogP) is 4.19. The molecule has 0 aliphatic rings. The molecule has 1 atom stereocenters. The fourth-order valence-corrected chi connectivity index (χ4v) is 3.39. The molecule has 102 valence electrons. The molecule has 2 N–H and O–H groups in total. The molecule has 1 aromatic carbocycles. The Morgan fingerprint density at radius 1 is 1.21 bits per heavy atom. The van der Waals surface area contributed by atoms with Crippen molar-refractivity contribution >= 4 is 34.5 Å². The van der Waals surface area contributed by atoms with Gasteiger partial charge in [-0.3, -0.25) is 4.90 Å². The standard InChI is InChI=1S/C14H16Cl2N2S/c1-18(8-10-2-4-11(15)5-3-10)13(7-17)14-6-12(16)9-19-14/h2-6,9,13H,7-8,17H2,1H3. The van der Waals surface area contributed by atoms with Crippen LogP contribution in [0.4, 0.5) is 0 Å². The van der Waals surface area contributed by atoms with E-state index in [1.165, 1.54) is 10.4 Å². The summed E-state index contributed by atoms with van der Waals surface area (Å²) in [6.07, 6.45) is 0. The van der Waals surface area contributed by atoms with Gasteiger partial charge in [0.25, 0.3) is 0 Å². The summed E-state index contributed by atoms with van der Waals surface area (Å²) in [6.45, 7) is 1.40. The van der Waals surface area contributed by atoms with E-state index in [9.17, 15) is 0 Å². The number of nitrogens with zero attached hydrogens (tertiary/aromatic N) is 1. The van der Waals surface area contributed by atoms with Crippen molar-refractivity contribution in [3.8, 4) is 0 Å². The third kappa shape index (κ3) is 3.94. The minimum absolute atomic E-state index is 0.188. The number of benzene rings is 1. The molecule has 0 amide bonds. The van der Waals surface area contributed by atoms with Gasteiger partial charge in [0.2, 0.25) is 0 Å². The Morgan fingerprint density at radius 3 is 2.42 bits per heavy atom. The zero-order valence-electron chi connectivity index (χ0n) is 10.6. The Balaban J connectivity index is 2.08. The highest BCUT2D eigenvalue weighted by atomic mass is 35.5. The predicted molar refractivity (Wildman–Crippen MR) is 84.0 cm³/mol. The normalized spacial score (nSPS) is 12.9. The lowest BCUT2D eigenvalue weighted by atomic mass is 10.1. The van der Waals surface area contributed by atoms with Crippen LogP contribution in [0.3, 0.4) is 0 Å². The summed E-state index contributed by atoms with van der Waals surface area (Å²) in [7, 11) is 2.07. The van der Waals surface area contributed by atoms with Crippen molar-refractivity contribution in [3.63, 3.8) is 0 Å². The van der Waals surface area contributed by atoms with Crippen molar-refractivity contribution in [3.05, 3.63) is 56.2 Å². The summed E-state index contributed by atoms with van der Waals surface area (Å²) in [5, 5.41) is 3.47. The van der Waals surface area contributed by atoms with Crippen LogP contribution in [0.25, 0.3) is 0 Å². The Morgan fingerprint density at radius 2 is 1.89 bits per heavy atom. The summed E-state index contributed by atoms with van der Waals surface area (Å²) in [6, 6.07) is 10.1. The minimum atomic E-state index is 0.188. The summed E-state index contributed by atoms with van der Waals surface area (Å²) >= 11 is 13.5. The van der Waals surface area contributed by atoms with Crippen molar-refractivity contribution in [1.82, 2.24) is 4.90 Å². The molecule has 0 bridgehead atoms. The smallest absolute Gasteiger partial charge is 0.0565 e. The highest BCUT2D eigenvalue weighted by Gasteiger charge is 2.17. The molecule has 1 heterocycles. The zero-order chi connectivity index (χ0) is 13.8. The lowest BCUT2D eigenvalue weighted by Gasteiger charge is -2.26. The van der Waals surface area contributed by atoms with Gasteiger partial charge in [-0.05, 0) is 30.8 Å². The molecule has 0 fully saturated rings. The van der Waals surface area contributed by atoms with Crippen LogP contribution in [0.1, 0.15) is 16.5 Å². The van der Waals surface area contributed by atoms with E-state index in [4.69, 9.17) is 28.9 Å². The lowest BCUT2D eigenvalue weighted by Crippen LogP contribution is -2.29. The van der Waals surface area contributed by atoms with Gasteiger partial charge in [0.15, 0.2) is 0 Å². The monoisotopic (exact) mass is 314 g/mol. The first-order valence-corrected chi connectivity index (χ1v) is 7.62. The lowest BCUT2D eigenvalue weighted by molar-refractivity contribution is 0.245. The molecule has 0 aliphatic heterocycles. The molecule has 0 saturated carbocycles. The van der Waals surface area contributed by atoms with Crippen LogP contribution in [0, 0.1) is 0 Å². The quantitative estimate of drug-likeness (QED) is 0.896. The maximum atomic E-state index is 5.98. The highest BCUT2D eigenvalue weighted by Crippen LogP contribution is 2.28. The van der Waals surface area contributed by atoms with Crippen molar-refractivity contribution < 1.29 is 0 Å². The van der Waals surface area contributed by atoms with Gasteiger partial charge in [-0.15, -0.1) is 11.3 Å². The van der Waals surface area contributed by atoms with Crippen molar-refractivity contribution in [2.75, 3.05) is 13.6 Å². The molecular formula is C14H16Cl2N2S. The summed E-state index contributed by atoms with van der Waals surface area (Å²) in [5.74, 6) is 0. The van der Waals surface area contributed by atoms with Crippen LogP contribution in [0.5, 0.6) is 0 Å². The van der Waals surface area contributed by atoms with E-state index in [1.54, 1.807) is 11.3 Å². The molecule has 19 heavy (non-hydrogen) atoms. The average molecular weight is 315 g/mol. The van der Waals surface area contributed by atoms with Crippen LogP contribution in [-0.4, -0.2) is 18.5 Å². The number of hydrogen-bond donors (Lipinski definition) is 1. The van der Waals surface area contributed by atoms with E-state index < -0.39 is 0 Å². The van der Waals surface area contributed by atoms with E-state index in [1.807, 2.05) is 35.7 Å². The van der Waals surface area contributed by atoms with Gasteiger partial charge >= 0.3 is 0 Å². The SMILES string of the molecule is CN(Cc1ccc(Cl)cc1)C(CN)c1cc(Cl)cs1. The molecule has 1 unspecified atom stereocenters. The second-order valence-corrected chi connectivity index (χ2v) is 6.28. The van der Waals surface area contributed by atoms with E-state index in [0.29, 0.717) is 6.54 Å². The van der Waals surface area contributed by atoms with E-state index in [-0.39, 0.29) is 6.04 Å². The Labute approximate surface area is 127 Å². The van der Waals surface area contributed by atoms with Crippen molar-refractivity contribution in [1.29, 1.82) is 0 Å². The van der Waals surface area contributed by atoms with E-state index in [2.05, 4.69) is 11.9 Å². The minimum Gasteiger partial charge on any atom is -0.329 e. The molecule has 0 saturated heterocycles. The first kappa shape index (κ1) is 14.8. The molecule has 2 aromatic rings. The fourth-order valence-electron chi connectivity index (χ4n) is 2.00. The average Bonchev–Trinajstić information content (AvgIpc) is 2.80. The molecular weight excluding hydrogens is 299 g/mol. The Hall–Kier alpha value is -0.580. The van der Waals surface area contributed by atoms with Crippen LogP contribution < -0.4 is 5.73 Å². The molecule has 0 spiro atoms. The maximum Gasteiger partial charge on any atom is 0.0565 e. The number of thiophene rings is 1. The summed E-state index contributed by atoms with van der Waals surface area (Å²) in [5.41, 5.74) is 7.11. The van der Waals surface area contributed by atoms with Gasteiger partial charge in [0.05, 0.1) is 11.1 Å². The first-order valence-electron chi connectivity index (χ1n) is 5.99. The van der Waals surface area contributed by atoms with Crippen molar-refractivity contribution in [2.45, 2.75) is 12.6 Å². The molecule has 2 nitrogen and oxygen atoms in total. The van der Waals surface area contributed by atoms with Gasteiger partial charge in [-0.1, -0.05) is 35.3 Å². The number of halogens is 2. The zero-order valence-corrected chi connectivity index (χ0v) is 13.0. The van der Waals surface area contributed by atoms with Crippen LogP contribution in [-0.2, 0) is 6.54 Å². The maximum absolute atomic E-state index is 5.98. The van der Waals surface area contributed by atoms with Gasteiger partial charge in [-0.25, -0.2) is 0 Å². The topological polar surface area (TPSA) is 29.3 Å². The number of nitrogens with two attached hydrogens (primary N) is 1. The van der Waals surface area contributed by atoms with Crippen molar-refractivity contribution in [2.24, 2.45) is 5.73 Å². The summed E-state index contributed by atoms with van der Waals surface area (Å²) < 4.78 is 0. The van der Waals surface area contributed by atoms with Gasteiger partial charge in [0, 0.05) is 28.4 Å². The second-order valence-electron chi connectivity index (χ2n) is 4.46. The van der Waals surface area contributed by atoms with Crippen LogP contribution in [0.2, 0.25) is 10.0 Å². The van der Waals surface area contributed by atoms with Gasteiger partial charge in [-0.2, -0.15) is 0 Å². The van der Waals surface area contributed by atoms with Gasteiger partial charge in [0.1, 0.15) is 0 Å². The van der Waals surface area contributed by atoms with E-state index >= 15 is 0 Å². The van der Waals surface area contributed by atoms with Gasteiger partial charge < -0.3 is 5.73 Å². The molecule has 0 aliphatic carbocycles. The Bertz CT molecular complexity index is 524. The fraction of sp³-hybridized carbons (Fsp3) is 0.286. The molecule has 1 aromatic heterocycles. The van der Waals surface area contributed by atoms with E-state index in [0.717, 1.165) is 16.6 Å². The largest absolute Gasteiger partial charge is 0.329 e. The molecule has 0 radical (unpaired) electrons. The number of hydrogen-bond acceptors (Lipinski definition) is 3. The number of rotatable bonds is 5. The second kappa shape index (κ2) is 6.73. The third-order valence-electron chi connectivity index (χ3n) is 3.02.